The Kier molecular flexibility index (Phi) is 8.30. The zero-order valence-electron chi connectivity index (χ0n) is 16.7. The topological polar surface area (TPSA) is 78.5 Å². The molecule has 2 fully saturated rings. The molecule has 0 radical (unpaired) electrons. The van der Waals surface area contributed by atoms with Crippen molar-refractivity contribution >= 4 is 28.3 Å². The lowest BCUT2D eigenvalue weighted by Gasteiger charge is -2.31. The Labute approximate surface area is 174 Å². The van der Waals surface area contributed by atoms with Gasteiger partial charge in [-0.25, -0.2) is 8.42 Å². The van der Waals surface area contributed by atoms with E-state index in [-0.39, 0.29) is 24.2 Å². The summed E-state index contributed by atoms with van der Waals surface area (Å²) in [5.74, 6) is 0.490. The summed E-state index contributed by atoms with van der Waals surface area (Å²) in [7, 11) is -3.49. The van der Waals surface area contributed by atoms with Gasteiger partial charge in [-0.15, -0.1) is 12.4 Å². The molecule has 0 bridgehead atoms. The molecule has 0 aromatic heterocycles. The number of carbonyl (C=O) groups excluding carboxylic acids is 1. The van der Waals surface area contributed by atoms with Crippen LogP contribution in [0.3, 0.4) is 0 Å². The van der Waals surface area contributed by atoms with Crippen molar-refractivity contribution in [2.45, 2.75) is 44.4 Å². The average Bonchev–Trinajstić information content (AvgIpc) is 2.69. The van der Waals surface area contributed by atoms with Crippen LogP contribution in [0.4, 0.5) is 0 Å². The second-order valence-corrected chi connectivity index (χ2v) is 9.82. The molecule has 1 atom stereocenters. The molecule has 2 N–H and O–H groups in total. The van der Waals surface area contributed by atoms with Gasteiger partial charge in [0.2, 0.25) is 15.9 Å². The van der Waals surface area contributed by atoms with Crippen LogP contribution in [0.25, 0.3) is 0 Å². The zero-order chi connectivity index (χ0) is 19.4. The van der Waals surface area contributed by atoms with E-state index in [4.69, 9.17) is 0 Å². The molecule has 2 heterocycles. The van der Waals surface area contributed by atoms with E-state index in [9.17, 15) is 13.2 Å². The summed E-state index contributed by atoms with van der Waals surface area (Å²) in [5, 5.41) is 6.43. The third kappa shape index (κ3) is 5.47. The van der Waals surface area contributed by atoms with Crippen molar-refractivity contribution in [1.29, 1.82) is 0 Å². The molecule has 0 spiro atoms. The molecule has 2 aliphatic heterocycles. The van der Waals surface area contributed by atoms with Gasteiger partial charge in [-0.05, 0) is 81.8 Å². The standard InChI is InChI=1S/C20H31N3O3S.ClH/c1-15-5-6-19(12-16(15)2)27(25,26)23-10-7-18(8-11-23)20(24)22-14-17-4-3-9-21-13-17;/h5-6,12,17-18,21H,3-4,7-11,13-14H2,1-2H3,(H,22,24);1H. The van der Waals surface area contributed by atoms with Gasteiger partial charge in [0.25, 0.3) is 0 Å². The van der Waals surface area contributed by atoms with Crippen LogP contribution in [0.1, 0.15) is 36.8 Å². The van der Waals surface area contributed by atoms with Gasteiger partial charge in [-0.1, -0.05) is 6.07 Å². The van der Waals surface area contributed by atoms with Crippen molar-refractivity contribution in [2.75, 3.05) is 32.7 Å². The number of hydrogen-bond acceptors (Lipinski definition) is 4. The third-order valence-electron chi connectivity index (χ3n) is 5.90. The van der Waals surface area contributed by atoms with E-state index in [1.54, 1.807) is 12.1 Å². The molecule has 158 valence electrons. The number of amides is 1. The van der Waals surface area contributed by atoms with Crippen LogP contribution in [-0.4, -0.2) is 51.4 Å². The Balaban J connectivity index is 0.00000280. The lowest BCUT2D eigenvalue weighted by atomic mass is 9.96. The van der Waals surface area contributed by atoms with Crippen molar-refractivity contribution in [3.63, 3.8) is 0 Å². The van der Waals surface area contributed by atoms with E-state index in [0.29, 0.717) is 43.3 Å². The number of carbonyl (C=O) groups is 1. The highest BCUT2D eigenvalue weighted by Gasteiger charge is 2.32. The maximum absolute atomic E-state index is 12.9. The highest BCUT2D eigenvalue weighted by molar-refractivity contribution is 7.89. The lowest BCUT2D eigenvalue weighted by Crippen LogP contribution is -2.45. The minimum Gasteiger partial charge on any atom is -0.356 e. The molecule has 28 heavy (non-hydrogen) atoms. The Hall–Kier alpha value is -1.15. The molecule has 0 saturated carbocycles. The first-order chi connectivity index (χ1) is 12.9. The van der Waals surface area contributed by atoms with Crippen LogP contribution in [0.5, 0.6) is 0 Å². The average molecular weight is 430 g/mol. The molecular formula is C20H32ClN3O3S. The zero-order valence-corrected chi connectivity index (χ0v) is 18.4. The molecular weight excluding hydrogens is 398 g/mol. The first-order valence-corrected chi connectivity index (χ1v) is 11.4. The summed E-state index contributed by atoms with van der Waals surface area (Å²) in [6.45, 7) is 7.44. The van der Waals surface area contributed by atoms with Gasteiger partial charge in [0.15, 0.2) is 0 Å². The fourth-order valence-corrected chi connectivity index (χ4v) is 5.42. The minimum atomic E-state index is -3.49. The van der Waals surface area contributed by atoms with Crippen molar-refractivity contribution in [3.8, 4) is 0 Å². The quantitative estimate of drug-likeness (QED) is 0.752. The summed E-state index contributed by atoms with van der Waals surface area (Å²) < 4.78 is 27.3. The Bertz CT molecular complexity index is 771. The minimum absolute atomic E-state index is 0. The number of nitrogens with one attached hydrogen (secondary N) is 2. The second-order valence-electron chi connectivity index (χ2n) is 7.88. The summed E-state index contributed by atoms with van der Waals surface area (Å²) in [6.07, 6.45) is 3.48. The Morgan fingerprint density at radius 3 is 2.50 bits per heavy atom. The largest absolute Gasteiger partial charge is 0.356 e. The second kappa shape index (κ2) is 10.1. The molecule has 8 heteroatoms. The number of halogens is 1. The molecule has 1 amide bonds. The van der Waals surface area contributed by atoms with Crippen LogP contribution in [0, 0.1) is 25.7 Å². The Morgan fingerprint density at radius 1 is 1.18 bits per heavy atom. The number of piperidine rings is 2. The van der Waals surface area contributed by atoms with Crippen LogP contribution in [0.2, 0.25) is 0 Å². The smallest absolute Gasteiger partial charge is 0.243 e. The number of aryl methyl sites for hydroxylation is 2. The monoisotopic (exact) mass is 429 g/mol. The molecule has 1 unspecified atom stereocenters. The van der Waals surface area contributed by atoms with E-state index in [1.165, 1.54) is 4.31 Å². The molecule has 6 nitrogen and oxygen atoms in total. The highest BCUT2D eigenvalue weighted by atomic mass is 35.5. The van der Waals surface area contributed by atoms with E-state index in [2.05, 4.69) is 10.6 Å². The molecule has 0 aliphatic carbocycles. The molecule has 1 aromatic rings. The van der Waals surface area contributed by atoms with Crippen molar-refractivity contribution in [2.24, 2.45) is 11.8 Å². The van der Waals surface area contributed by atoms with E-state index in [1.807, 2.05) is 19.9 Å². The first-order valence-electron chi connectivity index (χ1n) is 9.94. The summed E-state index contributed by atoms with van der Waals surface area (Å²) in [6, 6.07) is 5.26. The van der Waals surface area contributed by atoms with Crippen LogP contribution >= 0.6 is 12.4 Å². The van der Waals surface area contributed by atoms with E-state index >= 15 is 0 Å². The molecule has 2 aliphatic rings. The lowest BCUT2D eigenvalue weighted by molar-refractivity contribution is -0.126. The Morgan fingerprint density at radius 2 is 1.89 bits per heavy atom. The van der Waals surface area contributed by atoms with Crippen LogP contribution < -0.4 is 10.6 Å². The van der Waals surface area contributed by atoms with Gasteiger partial charge < -0.3 is 10.6 Å². The fourth-order valence-electron chi connectivity index (χ4n) is 3.87. The normalized spacial score (nSPS) is 21.7. The molecule has 2 saturated heterocycles. The number of hydrogen-bond donors (Lipinski definition) is 2. The summed E-state index contributed by atoms with van der Waals surface area (Å²) in [5.41, 5.74) is 2.06. The van der Waals surface area contributed by atoms with E-state index < -0.39 is 10.0 Å². The summed E-state index contributed by atoms with van der Waals surface area (Å²) in [4.78, 5) is 12.8. The first kappa shape index (κ1) is 23.1. The fraction of sp³-hybridized carbons (Fsp3) is 0.650. The van der Waals surface area contributed by atoms with Crippen molar-refractivity contribution < 1.29 is 13.2 Å². The molecule has 1 aromatic carbocycles. The third-order valence-corrected chi connectivity index (χ3v) is 7.80. The van der Waals surface area contributed by atoms with Crippen LogP contribution in [-0.2, 0) is 14.8 Å². The van der Waals surface area contributed by atoms with Crippen LogP contribution in [0.15, 0.2) is 23.1 Å². The number of sulfonamides is 1. The predicted octanol–water partition coefficient (Wildman–Crippen LogP) is 2.24. The SMILES string of the molecule is Cc1ccc(S(=O)(=O)N2CCC(C(=O)NCC3CCCNC3)CC2)cc1C.Cl. The maximum Gasteiger partial charge on any atom is 0.243 e. The van der Waals surface area contributed by atoms with Gasteiger partial charge in [-0.2, -0.15) is 4.31 Å². The van der Waals surface area contributed by atoms with Gasteiger partial charge in [0.1, 0.15) is 0 Å². The predicted molar refractivity (Wildman–Crippen MR) is 113 cm³/mol. The van der Waals surface area contributed by atoms with Crippen molar-refractivity contribution in [1.82, 2.24) is 14.9 Å². The number of nitrogens with zero attached hydrogens (tertiary/aromatic N) is 1. The van der Waals surface area contributed by atoms with Gasteiger partial charge in [0, 0.05) is 25.6 Å². The number of rotatable bonds is 5. The summed E-state index contributed by atoms with van der Waals surface area (Å²) >= 11 is 0. The van der Waals surface area contributed by atoms with Gasteiger partial charge >= 0.3 is 0 Å². The maximum atomic E-state index is 12.9. The van der Waals surface area contributed by atoms with Crippen molar-refractivity contribution in [3.05, 3.63) is 29.3 Å². The molecule has 3 rings (SSSR count). The van der Waals surface area contributed by atoms with Gasteiger partial charge in [0.05, 0.1) is 4.90 Å². The number of benzene rings is 1. The van der Waals surface area contributed by atoms with Gasteiger partial charge in [-0.3, -0.25) is 4.79 Å². The van der Waals surface area contributed by atoms with E-state index in [0.717, 1.165) is 37.1 Å². The highest BCUT2D eigenvalue weighted by Crippen LogP contribution is 2.25.